The summed E-state index contributed by atoms with van der Waals surface area (Å²) in [6.45, 7) is 0.790. The van der Waals surface area contributed by atoms with Crippen molar-refractivity contribution in [3.05, 3.63) is 53.2 Å². The van der Waals surface area contributed by atoms with Crippen LogP contribution in [0.4, 0.5) is 5.82 Å². The van der Waals surface area contributed by atoms with E-state index in [2.05, 4.69) is 46.9 Å². The van der Waals surface area contributed by atoms with Crippen molar-refractivity contribution in [3.63, 3.8) is 0 Å². The van der Waals surface area contributed by atoms with Crippen molar-refractivity contribution in [2.75, 3.05) is 18.7 Å². The molecule has 1 saturated carbocycles. The average Bonchev–Trinajstić information content (AvgIpc) is 3.38. The molecule has 0 bridgehead atoms. The van der Waals surface area contributed by atoms with Gasteiger partial charge in [-0.05, 0) is 66.0 Å². The first-order valence-corrected chi connectivity index (χ1v) is 9.04. The number of nitrogens with zero attached hydrogens (tertiary/aromatic N) is 1. The van der Waals surface area contributed by atoms with E-state index in [-0.39, 0.29) is 0 Å². The summed E-state index contributed by atoms with van der Waals surface area (Å²) < 4.78 is 5.37. The molecule has 1 N–H and O–H groups in total. The van der Waals surface area contributed by atoms with Gasteiger partial charge in [-0.25, -0.2) is 4.98 Å². The summed E-state index contributed by atoms with van der Waals surface area (Å²) in [5, 5.41) is 3.46. The lowest BCUT2D eigenvalue weighted by atomic mass is 10.0. The molecule has 1 fully saturated rings. The molecule has 0 aliphatic heterocycles. The maximum absolute atomic E-state index is 5.37. The maximum Gasteiger partial charge on any atom is 0.126 e. The van der Waals surface area contributed by atoms with Crippen LogP contribution in [-0.4, -0.2) is 18.3 Å². The standard InChI is InChI=1S/C18H22N2OS/c1-21-16-5-6-17(14-3-4-14)15(10-16)11-20-18-9-13(12-22-2)7-8-19-18/h5-10,14H,3-4,11-12H2,1-2H3,(H,19,20). The number of rotatable bonds is 7. The monoisotopic (exact) mass is 314 g/mol. The number of methoxy groups -OCH3 is 1. The molecule has 0 unspecified atom stereocenters. The number of pyridine rings is 1. The van der Waals surface area contributed by atoms with Gasteiger partial charge in [0.1, 0.15) is 11.6 Å². The van der Waals surface area contributed by atoms with Crippen LogP contribution in [-0.2, 0) is 12.3 Å². The molecule has 1 heterocycles. The third kappa shape index (κ3) is 3.74. The Morgan fingerprint density at radius 1 is 1.27 bits per heavy atom. The second-order valence-electron chi connectivity index (χ2n) is 5.67. The first kappa shape index (κ1) is 15.2. The van der Waals surface area contributed by atoms with Crippen LogP contribution in [0.2, 0.25) is 0 Å². The highest BCUT2D eigenvalue weighted by atomic mass is 32.2. The molecular weight excluding hydrogens is 292 g/mol. The normalized spacial score (nSPS) is 13.9. The summed E-state index contributed by atoms with van der Waals surface area (Å²) >= 11 is 1.83. The number of benzene rings is 1. The molecular formula is C18H22N2OS. The van der Waals surface area contributed by atoms with E-state index in [4.69, 9.17) is 4.74 Å². The Hall–Kier alpha value is -1.68. The number of hydrogen-bond acceptors (Lipinski definition) is 4. The van der Waals surface area contributed by atoms with Gasteiger partial charge in [0.15, 0.2) is 0 Å². The van der Waals surface area contributed by atoms with E-state index >= 15 is 0 Å². The fourth-order valence-electron chi connectivity index (χ4n) is 2.67. The van der Waals surface area contributed by atoms with E-state index in [9.17, 15) is 0 Å². The molecule has 0 spiro atoms. The molecule has 2 aromatic rings. The van der Waals surface area contributed by atoms with Gasteiger partial charge in [0, 0.05) is 18.5 Å². The molecule has 3 nitrogen and oxygen atoms in total. The SMILES string of the molecule is COc1ccc(C2CC2)c(CNc2cc(CSC)ccn2)c1. The van der Waals surface area contributed by atoms with E-state index < -0.39 is 0 Å². The Bertz CT molecular complexity index is 641. The second kappa shape index (κ2) is 7.05. The number of thioether (sulfide) groups is 1. The van der Waals surface area contributed by atoms with Crippen LogP contribution >= 0.6 is 11.8 Å². The summed E-state index contributed by atoms with van der Waals surface area (Å²) in [5.41, 5.74) is 4.07. The van der Waals surface area contributed by atoms with Gasteiger partial charge in [0.2, 0.25) is 0 Å². The number of ether oxygens (including phenoxy) is 1. The molecule has 0 atom stereocenters. The van der Waals surface area contributed by atoms with Crippen LogP contribution in [0.15, 0.2) is 36.5 Å². The molecule has 0 amide bonds. The van der Waals surface area contributed by atoms with Crippen molar-refractivity contribution in [2.45, 2.75) is 31.1 Å². The molecule has 1 aromatic heterocycles. The average molecular weight is 314 g/mol. The Morgan fingerprint density at radius 2 is 2.14 bits per heavy atom. The number of anilines is 1. The Balaban J connectivity index is 1.74. The van der Waals surface area contributed by atoms with Crippen LogP contribution in [0, 0.1) is 0 Å². The second-order valence-corrected chi connectivity index (χ2v) is 6.54. The molecule has 22 heavy (non-hydrogen) atoms. The smallest absolute Gasteiger partial charge is 0.126 e. The number of aromatic nitrogens is 1. The lowest BCUT2D eigenvalue weighted by Gasteiger charge is -2.13. The van der Waals surface area contributed by atoms with Crippen molar-refractivity contribution in [1.29, 1.82) is 0 Å². The van der Waals surface area contributed by atoms with Gasteiger partial charge in [-0.1, -0.05) is 6.07 Å². The van der Waals surface area contributed by atoms with Gasteiger partial charge in [-0.2, -0.15) is 11.8 Å². The Labute approximate surface area is 136 Å². The maximum atomic E-state index is 5.37. The van der Waals surface area contributed by atoms with Gasteiger partial charge in [0.05, 0.1) is 7.11 Å². The molecule has 116 valence electrons. The summed E-state index contributed by atoms with van der Waals surface area (Å²) in [6, 6.07) is 10.6. The predicted octanol–water partition coefficient (Wildman–Crippen LogP) is 4.44. The first-order chi connectivity index (χ1) is 10.8. The zero-order valence-corrected chi connectivity index (χ0v) is 14.0. The molecule has 1 aliphatic carbocycles. The van der Waals surface area contributed by atoms with Crippen molar-refractivity contribution >= 4 is 17.6 Å². The summed E-state index contributed by atoms with van der Waals surface area (Å²) in [7, 11) is 1.72. The topological polar surface area (TPSA) is 34.1 Å². The number of nitrogens with one attached hydrogen (secondary N) is 1. The first-order valence-electron chi connectivity index (χ1n) is 7.64. The van der Waals surface area contributed by atoms with Gasteiger partial charge < -0.3 is 10.1 Å². The quantitative estimate of drug-likeness (QED) is 0.819. The van der Waals surface area contributed by atoms with Crippen LogP contribution in [0.1, 0.15) is 35.4 Å². The zero-order valence-electron chi connectivity index (χ0n) is 13.1. The highest BCUT2D eigenvalue weighted by Crippen LogP contribution is 2.42. The lowest BCUT2D eigenvalue weighted by Crippen LogP contribution is -2.04. The minimum atomic E-state index is 0.735. The van der Waals surface area contributed by atoms with Crippen molar-refractivity contribution in [1.82, 2.24) is 4.98 Å². The largest absolute Gasteiger partial charge is 0.497 e. The highest BCUT2D eigenvalue weighted by molar-refractivity contribution is 7.97. The van der Waals surface area contributed by atoms with Gasteiger partial charge in [-0.3, -0.25) is 0 Å². The number of hydrogen-bond donors (Lipinski definition) is 1. The van der Waals surface area contributed by atoms with Crippen molar-refractivity contribution < 1.29 is 4.74 Å². The van der Waals surface area contributed by atoms with E-state index in [1.807, 2.05) is 18.0 Å². The molecule has 1 aliphatic rings. The predicted molar refractivity (Wildman–Crippen MR) is 93.8 cm³/mol. The van der Waals surface area contributed by atoms with Gasteiger partial charge >= 0.3 is 0 Å². The van der Waals surface area contributed by atoms with Crippen molar-refractivity contribution in [2.24, 2.45) is 0 Å². The summed E-state index contributed by atoms with van der Waals surface area (Å²) in [4.78, 5) is 4.42. The van der Waals surface area contributed by atoms with Crippen molar-refractivity contribution in [3.8, 4) is 5.75 Å². The zero-order chi connectivity index (χ0) is 15.4. The van der Waals surface area contributed by atoms with Gasteiger partial charge in [-0.15, -0.1) is 0 Å². The fraction of sp³-hybridized carbons (Fsp3) is 0.389. The molecule has 0 saturated heterocycles. The lowest BCUT2D eigenvalue weighted by molar-refractivity contribution is 0.414. The van der Waals surface area contributed by atoms with Crippen LogP contribution in [0.25, 0.3) is 0 Å². The molecule has 4 heteroatoms. The third-order valence-electron chi connectivity index (χ3n) is 3.96. The Morgan fingerprint density at radius 3 is 2.86 bits per heavy atom. The third-order valence-corrected chi connectivity index (χ3v) is 4.58. The fourth-order valence-corrected chi connectivity index (χ4v) is 3.18. The van der Waals surface area contributed by atoms with E-state index in [1.165, 1.54) is 29.5 Å². The van der Waals surface area contributed by atoms with E-state index in [1.54, 1.807) is 7.11 Å². The minimum absolute atomic E-state index is 0.735. The van der Waals surface area contributed by atoms with E-state index in [0.717, 1.165) is 29.8 Å². The molecule has 0 radical (unpaired) electrons. The van der Waals surface area contributed by atoms with Gasteiger partial charge in [0.25, 0.3) is 0 Å². The minimum Gasteiger partial charge on any atom is -0.497 e. The Kier molecular flexibility index (Phi) is 4.88. The molecule has 1 aromatic carbocycles. The summed E-state index contributed by atoms with van der Waals surface area (Å²) in [6.07, 6.45) is 6.61. The highest BCUT2D eigenvalue weighted by Gasteiger charge is 2.26. The van der Waals surface area contributed by atoms with E-state index in [0.29, 0.717) is 0 Å². The van der Waals surface area contributed by atoms with Crippen LogP contribution in [0.5, 0.6) is 5.75 Å². The molecule has 3 rings (SSSR count). The van der Waals surface area contributed by atoms with Crippen LogP contribution in [0.3, 0.4) is 0 Å². The van der Waals surface area contributed by atoms with Crippen LogP contribution < -0.4 is 10.1 Å². The summed E-state index contributed by atoms with van der Waals surface area (Å²) in [5.74, 6) is 3.61.